The molecule has 0 aromatic heterocycles. The van der Waals surface area contributed by atoms with Gasteiger partial charge in [0.1, 0.15) is 0 Å². The highest BCUT2D eigenvalue weighted by Gasteiger charge is 2.23. The van der Waals surface area contributed by atoms with Gasteiger partial charge in [-0.2, -0.15) is 0 Å². The van der Waals surface area contributed by atoms with Gasteiger partial charge in [0.25, 0.3) is 5.91 Å². The van der Waals surface area contributed by atoms with E-state index in [-0.39, 0.29) is 11.8 Å². The van der Waals surface area contributed by atoms with E-state index in [2.05, 4.69) is 5.32 Å². The summed E-state index contributed by atoms with van der Waals surface area (Å²) in [5.41, 5.74) is 6.56. The topological polar surface area (TPSA) is 49.4 Å². The number of carbonyl (C=O) groups is 2. The van der Waals surface area contributed by atoms with Crippen molar-refractivity contribution in [3.05, 3.63) is 58.1 Å². The molecule has 0 atom stereocenters. The van der Waals surface area contributed by atoms with Crippen LogP contribution in [0.3, 0.4) is 0 Å². The number of benzene rings is 2. The van der Waals surface area contributed by atoms with Crippen LogP contribution in [0.2, 0.25) is 0 Å². The third-order valence-electron chi connectivity index (χ3n) is 4.92. The predicted octanol–water partition coefficient (Wildman–Crippen LogP) is 4.30. The summed E-state index contributed by atoms with van der Waals surface area (Å²) in [6.07, 6.45) is 1.48. The number of hydrogen-bond donors (Lipinski definition) is 1. The van der Waals surface area contributed by atoms with Crippen molar-refractivity contribution in [1.82, 2.24) is 0 Å². The second kappa shape index (κ2) is 6.71. The molecule has 1 N–H and O–H groups in total. The quantitative estimate of drug-likeness (QED) is 0.908. The Hall–Kier alpha value is -2.62. The molecule has 3 rings (SSSR count). The van der Waals surface area contributed by atoms with Gasteiger partial charge in [-0.25, -0.2) is 0 Å². The van der Waals surface area contributed by atoms with Crippen LogP contribution in [0.1, 0.15) is 45.5 Å². The highest BCUT2D eigenvalue weighted by molar-refractivity contribution is 6.06. The Morgan fingerprint density at radius 3 is 2.36 bits per heavy atom. The molecular weight excluding hydrogens is 312 g/mol. The molecule has 1 saturated heterocycles. The van der Waals surface area contributed by atoms with Crippen LogP contribution in [0.4, 0.5) is 11.4 Å². The molecule has 4 nitrogen and oxygen atoms in total. The lowest BCUT2D eigenvalue weighted by atomic mass is 10.0. The molecule has 1 aliphatic heterocycles. The fourth-order valence-corrected chi connectivity index (χ4v) is 3.28. The minimum atomic E-state index is -0.122. The summed E-state index contributed by atoms with van der Waals surface area (Å²) in [5.74, 6) is 0.0275. The molecule has 2 amide bonds. The van der Waals surface area contributed by atoms with Crippen molar-refractivity contribution in [2.45, 2.75) is 40.5 Å². The zero-order valence-corrected chi connectivity index (χ0v) is 15.3. The summed E-state index contributed by atoms with van der Waals surface area (Å²) in [7, 11) is 0. The van der Waals surface area contributed by atoms with Crippen molar-refractivity contribution in [3.8, 4) is 0 Å². The molecule has 25 heavy (non-hydrogen) atoms. The van der Waals surface area contributed by atoms with Gasteiger partial charge in [0.15, 0.2) is 0 Å². The second-order valence-corrected chi connectivity index (χ2v) is 6.86. The van der Waals surface area contributed by atoms with Gasteiger partial charge < -0.3 is 10.2 Å². The number of amides is 2. The first-order chi connectivity index (χ1) is 11.9. The number of nitrogens with zero attached hydrogens (tertiary/aromatic N) is 1. The zero-order valence-electron chi connectivity index (χ0n) is 15.3. The van der Waals surface area contributed by atoms with Crippen LogP contribution in [-0.4, -0.2) is 18.4 Å². The van der Waals surface area contributed by atoms with Gasteiger partial charge >= 0.3 is 0 Å². The maximum absolute atomic E-state index is 12.7. The summed E-state index contributed by atoms with van der Waals surface area (Å²) in [6, 6.07) is 9.69. The summed E-state index contributed by atoms with van der Waals surface area (Å²) >= 11 is 0. The van der Waals surface area contributed by atoms with E-state index in [1.165, 1.54) is 5.56 Å². The first-order valence-corrected chi connectivity index (χ1v) is 8.67. The molecular formula is C21H24N2O2. The fourth-order valence-electron chi connectivity index (χ4n) is 3.28. The van der Waals surface area contributed by atoms with Crippen LogP contribution in [-0.2, 0) is 4.79 Å². The average molecular weight is 336 g/mol. The number of aryl methyl sites for hydroxylation is 4. The molecule has 0 bridgehead atoms. The number of hydrogen-bond acceptors (Lipinski definition) is 2. The molecule has 0 spiro atoms. The molecule has 0 unspecified atom stereocenters. The van der Waals surface area contributed by atoms with E-state index >= 15 is 0 Å². The smallest absolute Gasteiger partial charge is 0.255 e. The van der Waals surface area contributed by atoms with E-state index in [1.54, 1.807) is 0 Å². The normalized spacial score (nSPS) is 14.1. The summed E-state index contributed by atoms with van der Waals surface area (Å²) in [6.45, 7) is 8.73. The predicted molar refractivity (Wildman–Crippen MR) is 101 cm³/mol. The fraction of sp³-hybridized carbons (Fsp3) is 0.333. The van der Waals surface area contributed by atoms with Crippen LogP contribution in [0.25, 0.3) is 0 Å². The van der Waals surface area contributed by atoms with Crippen LogP contribution in [0.5, 0.6) is 0 Å². The molecule has 1 aliphatic rings. The molecule has 0 saturated carbocycles. The summed E-state index contributed by atoms with van der Waals surface area (Å²) < 4.78 is 0. The number of carbonyl (C=O) groups excluding carboxylic acids is 2. The van der Waals surface area contributed by atoms with Crippen molar-refractivity contribution >= 4 is 23.2 Å². The molecule has 4 heteroatoms. The van der Waals surface area contributed by atoms with E-state index in [4.69, 9.17) is 0 Å². The highest BCUT2D eigenvalue weighted by atomic mass is 16.2. The third-order valence-corrected chi connectivity index (χ3v) is 4.92. The molecule has 2 aromatic carbocycles. The lowest BCUT2D eigenvalue weighted by molar-refractivity contribution is -0.117. The van der Waals surface area contributed by atoms with Gasteiger partial charge in [-0.05, 0) is 74.6 Å². The van der Waals surface area contributed by atoms with Gasteiger partial charge in [-0.1, -0.05) is 12.1 Å². The number of anilines is 2. The Morgan fingerprint density at radius 2 is 1.68 bits per heavy atom. The maximum Gasteiger partial charge on any atom is 0.255 e. The van der Waals surface area contributed by atoms with E-state index in [0.29, 0.717) is 17.7 Å². The largest absolute Gasteiger partial charge is 0.322 e. The molecule has 0 aliphatic carbocycles. The monoisotopic (exact) mass is 336 g/mol. The van der Waals surface area contributed by atoms with Crippen molar-refractivity contribution in [2.24, 2.45) is 0 Å². The summed E-state index contributed by atoms with van der Waals surface area (Å²) in [4.78, 5) is 26.5. The maximum atomic E-state index is 12.7. The molecule has 2 aromatic rings. The first-order valence-electron chi connectivity index (χ1n) is 8.67. The standard InChI is InChI=1S/C21H24N2O2/c1-13-7-8-17(12-19(13)23-9-5-6-20(23)24)22-21(25)18-11-15(3)14(2)10-16(18)4/h7-8,10-12H,5-6,9H2,1-4H3,(H,22,25). The van der Waals surface area contributed by atoms with Gasteiger partial charge in [0.2, 0.25) is 5.91 Å². The number of nitrogens with one attached hydrogen (secondary N) is 1. The van der Waals surface area contributed by atoms with Gasteiger partial charge in [-0.15, -0.1) is 0 Å². The Morgan fingerprint density at radius 1 is 0.960 bits per heavy atom. The van der Waals surface area contributed by atoms with Crippen LogP contribution >= 0.6 is 0 Å². The second-order valence-electron chi connectivity index (χ2n) is 6.86. The van der Waals surface area contributed by atoms with Crippen LogP contribution in [0.15, 0.2) is 30.3 Å². The van der Waals surface area contributed by atoms with Gasteiger partial charge in [0.05, 0.1) is 0 Å². The lowest BCUT2D eigenvalue weighted by Crippen LogP contribution is -2.24. The van der Waals surface area contributed by atoms with Gasteiger partial charge in [-0.3, -0.25) is 9.59 Å². The molecule has 1 heterocycles. The van der Waals surface area contributed by atoms with E-state index in [0.717, 1.165) is 35.3 Å². The van der Waals surface area contributed by atoms with Crippen molar-refractivity contribution < 1.29 is 9.59 Å². The average Bonchev–Trinajstić information content (AvgIpc) is 2.98. The Kier molecular flexibility index (Phi) is 4.62. The Labute approximate surface area is 148 Å². The Bertz CT molecular complexity index is 855. The SMILES string of the molecule is Cc1cc(C)c(C(=O)Nc2ccc(C)c(N3CCCC3=O)c2)cc1C. The van der Waals surface area contributed by atoms with Gasteiger partial charge in [0, 0.05) is 29.9 Å². The van der Waals surface area contributed by atoms with E-state index in [9.17, 15) is 9.59 Å². The first kappa shape index (κ1) is 17.2. The third kappa shape index (κ3) is 3.43. The van der Waals surface area contributed by atoms with Crippen molar-refractivity contribution in [1.29, 1.82) is 0 Å². The zero-order chi connectivity index (χ0) is 18.1. The molecule has 1 fully saturated rings. The molecule has 130 valence electrons. The van der Waals surface area contributed by atoms with E-state index in [1.807, 2.05) is 62.9 Å². The number of rotatable bonds is 3. The van der Waals surface area contributed by atoms with Crippen LogP contribution < -0.4 is 10.2 Å². The van der Waals surface area contributed by atoms with Crippen molar-refractivity contribution in [2.75, 3.05) is 16.8 Å². The summed E-state index contributed by atoms with van der Waals surface area (Å²) in [5, 5.41) is 2.97. The van der Waals surface area contributed by atoms with E-state index < -0.39 is 0 Å². The highest BCUT2D eigenvalue weighted by Crippen LogP contribution is 2.28. The lowest BCUT2D eigenvalue weighted by Gasteiger charge is -2.19. The van der Waals surface area contributed by atoms with Crippen LogP contribution in [0, 0.1) is 27.7 Å². The Balaban J connectivity index is 1.87. The molecule has 0 radical (unpaired) electrons. The minimum Gasteiger partial charge on any atom is -0.322 e. The van der Waals surface area contributed by atoms with Crippen molar-refractivity contribution in [3.63, 3.8) is 0 Å². The minimum absolute atomic E-state index is 0.122.